The molecular weight excluding hydrogens is 400 g/mol. The van der Waals surface area contributed by atoms with Crippen LogP contribution >= 0.6 is 0 Å². The molecule has 0 bridgehead atoms. The quantitative estimate of drug-likeness (QED) is 0.0893. The average Bonchev–Trinajstić information content (AvgIpc) is 2.08. The summed E-state index contributed by atoms with van der Waals surface area (Å²) in [5, 5.41) is 20.0. The Kier molecular flexibility index (Phi) is 303. The zero-order chi connectivity index (χ0) is 15.0. The van der Waals surface area contributed by atoms with Gasteiger partial charge >= 0.3 is 59.1 Å². The minimum atomic E-state index is -5.17. The number of hydrogen-bond acceptors (Lipinski definition) is 12. The van der Waals surface area contributed by atoms with E-state index >= 15 is 0 Å². The molecule has 0 aromatic carbocycles. The summed E-state index contributed by atoms with van der Waals surface area (Å²) in [4.78, 5) is 0. The number of hydrogen-bond donors (Lipinski definition) is 6. The summed E-state index contributed by atoms with van der Waals surface area (Å²) < 4.78 is 68.2. The molecule has 0 fully saturated rings. The van der Waals surface area contributed by atoms with Gasteiger partial charge in [-0.25, -0.2) is 28.1 Å². The van der Waals surface area contributed by atoms with E-state index in [1.807, 2.05) is 0 Å². The zero-order valence-electron chi connectivity index (χ0n) is 9.42. The van der Waals surface area contributed by atoms with Crippen LogP contribution in [0.25, 0.3) is 0 Å². The van der Waals surface area contributed by atoms with E-state index < -0.39 is 20.8 Å². The Bertz CT molecular complexity index is 244. The van der Waals surface area contributed by atoms with E-state index in [2.05, 4.69) is 17.7 Å². The van der Waals surface area contributed by atoms with Gasteiger partial charge in [-0.05, 0) is 0 Å². The monoisotopic (exact) mass is 435 g/mol. The molecule has 0 unspecified atom stereocenters. The Morgan fingerprint density at radius 3 is 0.542 bits per heavy atom. The van der Waals surface area contributed by atoms with E-state index in [1.54, 1.807) is 0 Å². The zero-order valence-corrected chi connectivity index (χ0v) is 15.0. The van der Waals surface area contributed by atoms with Gasteiger partial charge in [0.2, 0.25) is 0 Å². The van der Waals surface area contributed by atoms with Crippen LogP contribution in [-0.4, -0.2) is 50.7 Å². The molecule has 0 radical (unpaired) electrons. The Morgan fingerprint density at radius 1 is 0.542 bits per heavy atom. The maximum absolute atomic E-state index is 8.52. The van der Waals surface area contributed by atoms with E-state index in [9.17, 15) is 0 Å². The van der Waals surface area contributed by atoms with E-state index in [-0.39, 0.29) is 104 Å². The van der Waals surface area contributed by atoms with Crippen LogP contribution in [0.3, 0.4) is 0 Å². The van der Waals surface area contributed by atoms with E-state index in [0.29, 0.717) is 0 Å². The second-order valence-corrected chi connectivity index (χ2v) is 2.45. The van der Waals surface area contributed by atoms with Crippen LogP contribution in [0.4, 0.5) is 0 Å². The molecule has 0 aliphatic carbocycles. The number of nitrogens with two attached hydrogens (primary N) is 1. The normalized spacial score (nSPS) is 5.58. The molecule has 18 heteroatoms. The third kappa shape index (κ3) is 5290. The largest absolute Gasteiger partial charge is 1.00 e. The molecule has 0 amide bonds. The Labute approximate surface area is 191 Å². The standard InChI is InChI=1S/6CH4.2H4NO.H3NO.2Na.2H2O4S/c;;;;;;3*1-2;;;2*1-5(2,3)4/h6*1H4;2*2H,1H3;2H,1H2;;;2*(H2,1,2,3,4)/q;;;;;;2*+1;;2*+1;;/p-4. The molecule has 11 N–H and O–H groups in total. The first-order chi connectivity index (χ1) is 7.00. The summed E-state index contributed by atoms with van der Waals surface area (Å²) >= 11 is 0. The molecule has 0 atom stereocenters. The average molecular weight is 435 g/mol. The first-order valence-corrected chi connectivity index (χ1v) is 4.89. The van der Waals surface area contributed by atoms with Crippen molar-refractivity contribution in [3.63, 3.8) is 0 Å². The Hall–Kier alpha value is 1.50. The van der Waals surface area contributed by atoms with Gasteiger partial charge in [-0.3, -0.25) is 16.8 Å². The van der Waals surface area contributed by atoms with Gasteiger partial charge in [0.25, 0.3) is 0 Å². The van der Waals surface area contributed by atoms with Crippen LogP contribution in [0.2, 0.25) is 0 Å². The summed E-state index contributed by atoms with van der Waals surface area (Å²) in [6.45, 7) is 0. The van der Waals surface area contributed by atoms with Gasteiger partial charge < -0.3 is 23.4 Å². The van der Waals surface area contributed by atoms with Crippen LogP contribution in [0, 0.1) is 0 Å². The molecule has 0 saturated heterocycles. The summed E-state index contributed by atoms with van der Waals surface area (Å²) in [5.41, 5.74) is 0. The van der Waals surface area contributed by atoms with Crippen molar-refractivity contribution in [3.8, 4) is 0 Å². The van der Waals surface area contributed by atoms with Crippen molar-refractivity contribution in [1.82, 2.24) is 0 Å². The van der Waals surface area contributed by atoms with Crippen molar-refractivity contribution in [2.24, 2.45) is 5.90 Å². The molecule has 0 spiro atoms. The van der Waals surface area contributed by atoms with E-state index in [4.69, 9.17) is 50.7 Å². The molecular formula is C6H35N3Na2O11S2. The van der Waals surface area contributed by atoms with Gasteiger partial charge in [-0.2, -0.15) is 0 Å². The maximum atomic E-state index is 8.52. The van der Waals surface area contributed by atoms with Crippen LogP contribution in [0.15, 0.2) is 0 Å². The molecule has 0 saturated carbocycles. The van der Waals surface area contributed by atoms with Crippen LogP contribution in [0.5, 0.6) is 0 Å². The summed E-state index contributed by atoms with van der Waals surface area (Å²) in [5.74, 6) is 8.00. The van der Waals surface area contributed by atoms with Crippen LogP contribution in [0.1, 0.15) is 44.6 Å². The maximum Gasteiger partial charge on any atom is 1.00 e. The fraction of sp³-hybridized carbons (Fsp3) is 1.00. The third-order valence-electron chi connectivity index (χ3n) is 0. The van der Waals surface area contributed by atoms with Crippen molar-refractivity contribution >= 4 is 20.8 Å². The molecule has 14 nitrogen and oxygen atoms in total. The predicted octanol–water partition coefficient (Wildman–Crippen LogP) is -8.28. The SMILES string of the molecule is C.C.C.C.C.C.NO.O=S(=O)([O-])[O-].O=S(=O)([O-])[O-].[NH3+]O.[NH3+]O.[Na+].[Na+]. The van der Waals surface area contributed by atoms with Crippen molar-refractivity contribution in [3.05, 3.63) is 0 Å². The van der Waals surface area contributed by atoms with Crippen molar-refractivity contribution in [1.29, 1.82) is 0 Å². The van der Waals surface area contributed by atoms with Crippen LogP contribution < -0.4 is 76.8 Å². The van der Waals surface area contributed by atoms with Gasteiger partial charge in [-0.15, -0.1) is 0 Å². The third-order valence-corrected chi connectivity index (χ3v) is 0. The smallest absolute Gasteiger partial charge is 0.759 e. The van der Waals surface area contributed by atoms with Crippen molar-refractivity contribution in [2.45, 2.75) is 44.6 Å². The van der Waals surface area contributed by atoms with Gasteiger partial charge in [0.05, 0.1) is 0 Å². The second-order valence-electron chi connectivity index (χ2n) is 0.816. The van der Waals surface area contributed by atoms with Gasteiger partial charge in [0.1, 0.15) is 0 Å². The van der Waals surface area contributed by atoms with Gasteiger partial charge in [-0.1, -0.05) is 44.6 Å². The van der Waals surface area contributed by atoms with E-state index in [1.165, 1.54) is 0 Å². The fourth-order valence-corrected chi connectivity index (χ4v) is 0. The fourth-order valence-electron chi connectivity index (χ4n) is 0. The minimum Gasteiger partial charge on any atom is -0.759 e. The Balaban J connectivity index is -0.00000000557. The number of rotatable bonds is 0. The first-order valence-electron chi connectivity index (χ1n) is 2.22. The summed E-state index contributed by atoms with van der Waals surface area (Å²) in [7, 11) is -10.3. The molecule has 0 aromatic heterocycles. The minimum absolute atomic E-state index is 0. The predicted molar refractivity (Wildman–Crippen MR) is 76.7 cm³/mol. The van der Waals surface area contributed by atoms with Crippen molar-refractivity contribution < 1.29 is 122 Å². The summed E-state index contributed by atoms with van der Waals surface area (Å²) in [6, 6.07) is 0. The molecule has 154 valence electrons. The Morgan fingerprint density at radius 2 is 0.542 bits per heavy atom. The molecule has 0 rings (SSSR count). The first kappa shape index (κ1) is 98.0. The molecule has 0 aliphatic rings. The number of quaternary nitrogens is 2. The molecule has 0 aliphatic heterocycles. The molecule has 24 heavy (non-hydrogen) atoms. The van der Waals surface area contributed by atoms with E-state index in [0.717, 1.165) is 0 Å². The van der Waals surface area contributed by atoms with Crippen LogP contribution in [-0.2, 0) is 20.8 Å². The second kappa shape index (κ2) is 74.2. The van der Waals surface area contributed by atoms with Crippen molar-refractivity contribution in [2.75, 3.05) is 0 Å². The topological polar surface area (TPSA) is 303 Å². The molecule has 0 aromatic rings. The summed E-state index contributed by atoms with van der Waals surface area (Å²) in [6.07, 6.45) is 0. The molecule has 0 heterocycles. The van der Waals surface area contributed by atoms with Gasteiger partial charge in [0.15, 0.2) is 0 Å². The van der Waals surface area contributed by atoms with Gasteiger partial charge in [0, 0.05) is 20.8 Å².